The molecule has 1 N–H and O–H groups in total. The Morgan fingerprint density at radius 3 is 2.31 bits per heavy atom. The zero-order chi connectivity index (χ0) is 9.84. The quantitative estimate of drug-likeness (QED) is 0.632. The van der Waals surface area contributed by atoms with Crippen molar-refractivity contribution in [3.8, 4) is 0 Å². The second-order valence-electron chi connectivity index (χ2n) is 3.55. The summed E-state index contributed by atoms with van der Waals surface area (Å²) >= 11 is 0. The first-order valence-electron chi connectivity index (χ1n) is 4.68. The molecule has 4 heteroatoms. The Balaban J connectivity index is 2.27. The van der Waals surface area contributed by atoms with Gasteiger partial charge in [-0.05, 0) is 0 Å². The molecule has 0 spiro atoms. The highest BCUT2D eigenvalue weighted by molar-refractivity contribution is 6.01. The van der Waals surface area contributed by atoms with Crippen molar-refractivity contribution in [1.82, 2.24) is 10.2 Å². The van der Waals surface area contributed by atoms with Crippen molar-refractivity contribution < 1.29 is 9.59 Å². The van der Waals surface area contributed by atoms with Crippen molar-refractivity contribution >= 4 is 11.8 Å². The largest absolute Gasteiger partial charge is 0.313 e. The molecule has 1 aliphatic heterocycles. The lowest BCUT2D eigenvalue weighted by Gasteiger charge is -2.15. The third kappa shape index (κ3) is 2.81. The minimum absolute atomic E-state index is 0.0319. The molecule has 0 radical (unpaired) electrons. The highest BCUT2D eigenvalue weighted by Gasteiger charge is 2.27. The zero-order valence-corrected chi connectivity index (χ0v) is 8.17. The highest BCUT2D eigenvalue weighted by Crippen LogP contribution is 2.10. The van der Waals surface area contributed by atoms with E-state index in [1.165, 1.54) is 4.90 Å². The standard InChI is InChI=1S/C9H16N2O2/c1-7(2)10-5-6-11-8(12)3-4-9(11)13/h7,10H,3-6H2,1-2H3. The van der Waals surface area contributed by atoms with Gasteiger partial charge in [-0.3, -0.25) is 14.5 Å². The maximum Gasteiger partial charge on any atom is 0.229 e. The number of hydrogen-bond donors (Lipinski definition) is 1. The Kier molecular flexibility index (Phi) is 3.42. The minimum atomic E-state index is -0.0319. The van der Waals surface area contributed by atoms with Crippen LogP contribution in [0.25, 0.3) is 0 Å². The van der Waals surface area contributed by atoms with Crippen LogP contribution in [-0.2, 0) is 9.59 Å². The molecule has 1 fully saturated rings. The molecule has 1 aliphatic rings. The number of amides is 2. The molecule has 0 saturated carbocycles. The number of likely N-dealkylation sites (tertiary alicyclic amines) is 1. The summed E-state index contributed by atoms with van der Waals surface area (Å²) in [7, 11) is 0. The number of hydrogen-bond acceptors (Lipinski definition) is 3. The van der Waals surface area contributed by atoms with Gasteiger partial charge in [-0.2, -0.15) is 0 Å². The summed E-state index contributed by atoms with van der Waals surface area (Å²) in [5, 5.41) is 3.17. The summed E-state index contributed by atoms with van der Waals surface area (Å²) in [5.41, 5.74) is 0. The topological polar surface area (TPSA) is 49.4 Å². The van der Waals surface area contributed by atoms with Gasteiger partial charge < -0.3 is 5.32 Å². The molecule has 0 atom stereocenters. The van der Waals surface area contributed by atoms with Gasteiger partial charge in [-0.1, -0.05) is 13.8 Å². The lowest BCUT2D eigenvalue weighted by molar-refractivity contribution is -0.138. The molecule has 74 valence electrons. The molecule has 2 amide bonds. The fourth-order valence-corrected chi connectivity index (χ4v) is 1.34. The van der Waals surface area contributed by atoms with Gasteiger partial charge in [-0.25, -0.2) is 0 Å². The molecule has 1 heterocycles. The molecule has 1 saturated heterocycles. The lowest BCUT2D eigenvalue weighted by Crippen LogP contribution is -2.37. The van der Waals surface area contributed by atoms with Crippen LogP contribution in [-0.4, -0.2) is 35.8 Å². The van der Waals surface area contributed by atoms with E-state index in [4.69, 9.17) is 0 Å². The van der Waals surface area contributed by atoms with Crippen molar-refractivity contribution in [2.75, 3.05) is 13.1 Å². The lowest BCUT2D eigenvalue weighted by atomic mass is 10.4. The van der Waals surface area contributed by atoms with Crippen molar-refractivity contribution in [1.29, 1.82) is 0 Å². The van der Waals surface area contributed by atoms with E-state index in [1.54, 1.807) is 0 Å². The first kappa shape index (κ1) is 10.2. The summed E-state index contributed by atoms with van der Waals surface area (Å²) in [6.45, 7) is 5.27. The predicted octanol–water partition coefficient (Wildman–Crippen LogP) is 0.133. The number of nitrogens with one attached hydrogen (secondary N) is 1. The van der Waals surface area contributed by atoms with Crippen LogP contribution in [0.5, 0.6) is 0 Å². The molecule has 13 heavy (non-hydrogen) atoms. The van der Waals surface area contributed by atoms with Crippen molar-refractivity contribution in [3.63, 3.8) is 0 Å². The van der Waals surface area contributed by atoms with Crippen LogP contribution >= 0.6 is 0 Å². The summed E-state index contributed by atoms with van der Waals surface area (Å²) < 4.78 is 0. The van der Waals surface area contributed by atoms with E-state index in [9.17, 15) is 9.59 Å². The van der Waals surface area contributed by atoms with Crippen LogP contribution in [0.2, 0.25) is 0 Å². The van der Waals surface area contributed by atoms with Crippen LogP contribution in [0, 0.1) is 0 Å². The predicted molar refractivity (Wildman–Crippen MR) is 49.1 cm³/mol. The molecule has 0 aromatic heterocycles. The van der Waals surface area contributed by atoms with E-state index in [0.717, 1.165) is 0 Å². The molecule has 0 aromatic carbocycles. The average Bonchev–Trinajstić information content (AvgIpc) is 2.34. The fourth-order valence-electron chi connectivity index (χ4n) is 1.34. The zero-order valence-electron chi connectivity index (χ0n) is 8.17. The SMILES string of the molecule is CC(C)NCCN1C(=O)CCC1=O. The fraction of sp³-hybridized carbons (Fsp3) is 0.778. The van der Waals surface area contributed by atoms with Crippen LogP contribution < -0.4 is 5.32 Å². The average molecular weight is 184 g/mol. The molecule has 4 nitrogen and oxygen atoms in total. The minimum Gasteiger partial charge on any atom is -0.313 e. The number of carbonyl (C=O) groups excluding carboxylic acids is 2. The number of imide groups is 1. The molecular formula is C9H16N2O2. The van der Waals surface area contributed by atoms with E-state index < -0.39 is 0 Å². The van der Waals surface area contributed by atoms with E-state index in [1.807, 2.05) is 13.8 Å². The molecule has 0 bridgehead atoms. The van der Waals surface area contributed by atoms with Gasteiger partial charge in [0.25, 0.3) is 0 Å². The maximum atomic E-state index is 11.1. The van der Waals surface area contributed by atoms with Crippen molar-refractivity contribution in [3.05, 3.63) is 0 Å². The summed E-state index contributed by atoms with van der Waals surface area (Å²) in [6.07, 6.45) is 0.779. The van der Waals surface area contributed by atoms with E-state index >= 15 is 0 Å². The Bertz CT molecular complexity index is 198. The van der Waals surface area contributed by atoms with Crippen molar-refractivity contribution in [2.24, 2.45) is 0 Å². The van der Waals surface area contributed by atoms with Gasteiger partial charge in [0.15, 0.2) is 0 Å². The van der Waals surface area contributed by atoms with E-state index in [0.29, 0.717) is 32.0 Å². The molecule has 1 rings (SSSR count). The Morgan fingerprint density at radius 2 is 1.85 bits per heavy atom. The number of nitrogens with zero attached hydrogens (tertiary/aromatic N) is 1. The van der Waals surface area contributed by atoms with Crippen LogP contribution in [0.4, 0.5) is 0 Å². The molecule has 0 aliphatic carbocycles. The molecule has 0 unspecified atom stereocenters. The Hall–Kier alpha value is -0.900. The van der Waals surface area contributed by atoms with Gasteiger partial charge in [-0.15, -0.1) is 0 Å². The van der Waals surface area contributed by atoms with Crippen LogP contribution in [0.15, 0.2) is 0 Å². The number of carbonyl (C=O) groups is 2. The van der Waals surface area contributed by atoms with Gasteiger partial charge in [0.05, 0.1) is 0 Å². The first-order valence-corrected chi connectivity index (χ1v) is 4.68. The summed E-state index contributed by atoms with van der Waals surface area (Å²) in [6, 6.07) is 0.396. The number of rotatable bonds is 4. The first-order chi connectivity index (χ1) is 6.11. The van der Waals surface area contributed by atoms with Gasteiger partial charge >= 0.3 is 0 Å². The molecule has 0 aromatic rings. The van der Waals surface area contributed by atoms with Gasteiger partial charge in [0, 0.05) is 32.0 Å². The van der Waals surface area contributed by atoms with E-state index in [-0.39, 0.29) is 11.8 Å². The van der Waals surface area contributed by atoms with Crippen molar-refractivity contribution in [2.45, 2.75) is 32.7 Å². The van der Waals surface area contributed by atoms with Crippen LogP contribution in [0.3, 0.4) is 0 Å². The highest BCUT2D eigenvalue weighted by atomic mass is 16.2. The summed E-state index contributed by atoms with van der Waals surface area (Å²) in [5.74, 6) is -0.0638. The monoisotopic (exact) mass is 184 g/mol. The third-order valence-corrected chi connectivity index (χ3v) is 2.04. The summed E-state index contributed by atoms with van der Waals surface area (Å²) in [4.78, 5) is 23.6. The maximum absolute atomic E-state index is 11.1. The Morgan fingerprint density at radius 1 is 1.31 bits per heavy atom. The van der Waals surface area contributed by atoms with Crippen LogP contribution in [0.1, 0.15) is 26.7 Å². The smallest absolute Gasteiger partial charge is 0.229 e. The second kappa shape index (κ2) is 4.37. The van der Waals surface area contributed by atoms with Gasteiger partial charge in [0.2, 0.25) is 11.8 Å². The Labute approximate surface area is 78.3 Å². The normalized spacial score (nSPS) is 17.6. The second-order valence-corrected chi connectivity index (χ2v) is 3.55. The molecular weight excluding hydrogens is 168 g/mol. The third-order valence-electron chi connectivity index (χ3n) is 2.04. The van der Waals surface area contributed by atoms with E-state index in [2.05, 4.69) is 5.32 Å². The van der Waals surface area contributed by atoms with Gasteiger partial charge in [0.1, 0.15) is 0 Å².